The number of nitrogens with zero attached hydrogens (tertiary/aromatic N) is 1. The first-order chi connectivity index (χ1) is 7.03. The first-order valence-electron chi connectivity index (χ1n) is 6.17. The van der Waals surface area contributed by atoms with Crippen LogP contribution in [0.5, 0.6) is 0 Å². The van der Waals surface area contributed by atoms with E-state index in [1.165, 1.54) is 0 Å². The summed E-state index contributed by atoms with van der Waals surface area (Å²) in [7, 11) is 0. The minimum atomic E-state index is -0.660. The van der Waals surface area contributed by atoms with Crippen molar-refractivity contribution in [3.8, 4) is 6.07 Å². The number of hydrogen-bond donors (Lipinski definition) is 1. The van der Waals surface area contributed by atoms with Gasteiger partial charge in [-0.05, 0) is 37.5 Å². The van der Waals surface area contributed by atoms with Gasteiger partial charge in [0.1, 0.15) is 0 Å². The topological polar surface area (TPSA) is 44.0 Å². The predicted octanol–water partition coefficient (Wildman–Crippen LogP) is 2.87. The average molecular weight is 207 g/mol. The lowest BCUT2D eigenvalue weighted by atomic mass is 9.54. The van der Waals surface area contributed by atoms with E-state index in [1.54, 1.807) is 0 Å². The van der Waals surface area contributed by atoms with Crippen molar-refractivity contribution in [3.05, 3.63) is 0 Å². The van der Waals surface area contributed by atoms with Gasteiger partial charge in [0.2, 0.25) is 0 Å². The van der Waals surface area contributed by atoms with Crippen LogP contribution in [0.1, 0.15) is 52.4 Å². The van der Waals surface area contributed by atoms with Gasteiger partial charge in [-0.15, -0.1) is 0 Å². The molecule has 0 unspecified atom stereocenters. The second-order valence-electron chi connectivity index (χ2n) is 5.84. The van der Waals surface area contributed by atoms with E-state index in [0.29, 0.717) is 11.8 Å². The Morgan fingerprint density at radius 1 is 1.27 bits per heavy atom. The van der Waals surface area contributed by atoms with Crippen LogP contribution < -0.4 is 0 Å². The molecule has 2 saturated carbocycles. The smallest absolute Gasteiger partial charge is 0.0860 e. The third-order valence-electron chi connectivity index (χ3n) is 4.70. The summed E-state index contributed by atoms with van der Waals surface area (Å²) in [6.07, 6.45) is 5.73. The minimum absolute atomic E-state index is 0.404. The molecule has 2 aliphatic rings. The van der Waals surface area contributed by atoms with Crippen LogP contribution in [0.15, 0.2) is 0 Å². The van der Waals surface area contributed by atoms with Crippen LogP contribution >= 0.6 is 0 Å². The lowest BCUT2D eigenvalue weighted by Gasteiger charge is -2.53. The molecule has 2 rings (SSSR count). The van der Waals surface area contributed by atoms with E-state index in [-0.39, 0.29) is 0 Å². The van der Waals surface area contributed by atoms with Crippen LogP contribution in [0.25, 0.3) is 0 Å². The molecule has 0 aromatic heterocycles. The minimum Gasteiger partial charge on any atom is -0.388 e. The molecule has 1 N–H and O–H groups in total. The Morgan fingerprint density at radius 3 is 2.20 bits per heavy atom. The van der Waals surface area contributed by atoms with Crippen LogP contribution in [0, 0.1) is 28.6 Å². The highest BCUT2D eigenvalue weighted by Crippen LogP contribution is 2.57. The Hall–Kier alpha value is -0.550. The Bertz CT molecular complexity index is 277. The normalized spacial score (nSPS) is 38.7. The van der Waals surface area contributed by atoms with Gasteiger partial charge in [-0.25, -0.2) is 0 Å². The van der Waals surface area contributed by atoms with E-state index in [9.17, 15) is 10.4 Å². The zero-order chi connectivity index (χ0) is 11.1. The molecule has 0 atom stereocenters. The fraction of sp³-hybridized carbons (Fsp3) is 0.923. The second kappa shape index (κ2) is 3.49. The summed E-state index contributed by atoms with van der Waals surface area (Å²) >= 11 is 0. The SMILES string of the molecule is CC(C)C1CC(O)(C2(C#N)CCCC2)C1. The maximum absolute atomic E-state index is 10.6. The van der Waals surface area contributed by atoms with Gasteiger partial charge in [-0.3, -0.25) is 0 Å². The molecule has 84 valence electrons. The molecule has 0 bridgehead atoms. The van der Waals surface area contributed by atoms with E-state index in [1.807, 2.05) is 0 Å². The fourth-order valence-electron chi connectivity index (χ4n) is 3.33. The van der Waals surface area contributed by atoms with Gasteiger partial charge in [0.25, 0.3) is 0 Å². The van der Waals surface area contributed by atoms with Crippen molar-refractivity contribution in [3.63, 3.8) is 0 Å². The van der Waals surface area contributed by atoms with Crippen molar-refractivity contribution in [1.29, 1.82) is 5.26 Å². The molecule has 2 fully saturated rings. The maximum atomic E-state index is 10.6. The van der Waals surface area contributed by atoms with Crippen molar-refractivity contribution in [2.75, 3.05) is 0 Å². The van der Waals surface area contributed by atoms with Crippen LogP contribution in [-0.2, 0) is 0 Å². The average Bonchev–Trinajstić information content (AvgIpc) is 2.62. The lowest BCUT2D eigenvalue weighted by molar-refractivity contribution is -0.153. The van der Waals surface area contributed by atoms with Crippen LogP contribution in [0.3, 0.4) is 0 Å². The van der Waals surface area contributed by atoms with Gasteiger partial charge in [-0.2, -0.15) is 5.26 Å². The van der Waals surface area contributed by atoms with Crippen LogP contribution in [0.4, 0.5) is 0 Å². The molecule has 0 spiro atoms. The number of nitriles is 1. The zero-order valence-electron chi connectivity index (χ0n) is 9.79. The van der Waals surface area contributed by atoms with Crippen LogP contribution in [-0.4, -0.2) is 10.7 Å². The highest BCUT2D eigenvalue weighted by molar-refractivity contribution is 5.18. The summed E-state index contributed by atoms with van der Waals surface area (Å²) in [5.74, 6) is 1.27. The number of aliphatic hydroxyl groups is 1. The molecule has 2 aliphatic carbocycles. The largest absolute Gasteiger partial charge is 0.388 e. The monoisotopic (exact) mass is 207 g/mol. The Morgan fingerprint density at radius 2 is 1.80 bits per heavy atom. The van der Waals surface area contributed by atoms with E-state index in [2.05, 4.69) is 19.9 Å². The first-order valence-corrected chi connectivity index (χ1v) is 6.17. The molecule has 2 heteroatoms. The highest BCUT2D eigenvalue weighted by Gasteiger charge is 2.59. The van der Waals surface area contributed by atoms with Gasteiger partial charge < -0.3 is 5.11 Å². The Balaban J connectivity index is 2.08. The zero-order valence-corrected chi connectivity index (χ0v) is 9.79. The van der Waals surface area contributed by atoms with Crippen molar-refractivity contribution in [2.24, 2.45) is 17.3 Å². The van der Waals surface area contributed by atoms with E-state index in [0.717, 1.165) is 38.5 Å². The maximum Gasteiger partial charge on any atom is 0.0860 e. The Kier molecular flexibility index (Phi) is 2.55. The van der Waals surface area contributed by atoms with Crippen molar-refractivity contribution in [1.82, 2.24) is 0 Å². The summed E-state index contributed by atoms with van der Waals surface area (Å²) in [5.41, 5.74) is -1.06. The molecular weight excluding hydrogens is 186 g/mol. The predicted molar refractivity (Wildman–Crippen MR) is 59.0 cm³/mol. The first kappa shape index (κ1) is 11.0. The molecule has 2 nitrogen and oxygen atoms in total. The molecule has 0 heterocycles. The van der Waals surface area contributed by atoms with Gasteiger partial charge in [0.05, 0.1) is 17.1 Å². The molecular formula is C13H21NO. The number of hydrogen-bond acceptors (Lipinski definition) is 2. The molecule has 0 aromatic carbocycles. The molecule has 0 radical (unpaired) electrons. The molecule has 0 amide bonds. The van der Waals surface area contributed by atoms with Crippen molar-refractivity contribution < 1.29 is 5.11 Å². The van der Waals surface area contributed by atoms with E-state index in [4.69, 9.17) is 0 Å². The van der Waals surface area contributed by atoms with Gasteiger partial charge in [-0.1, -0.05) is 26.7 Å². The van der Waals surface area contributed by atoms with Gasteiger partial charge >= 0.3 is 0 Å². The molecule has 0 aliphatic heterocycles. The van der Waals surface area contributed by atoms with Crippen molar-refractivity contribution in [2.45, 2.75) is 58.0 Å². The molecule has 0 aromatic rings. The third-order valence-corrected chi connectivity index (χ3v) is 4.70. The number of rotatable bonds is 2. The summed E-state index contributed by atoms with van der Waals surface area (Å²) in [6, 6.07) is 2.43. The van der Waals surface area contributed by atoms with Crippen molar-refractivity contribution >= 4 is 0 Å². The van der Waals surface area contributed by atoms with Gasteiger partial charge in [0, 0.05) is 0 Å². The van der Waals surface area contributed by atoms with Gasteiger partial charge in [0.15, 0.2) is 0 Å². The standard InChI is InChI=1S/C13H21NO/c1-10(2)11-7-13(15,8-11)12(9-14)5-3-4-6-12/h10-11,15H,3-8H2,1-2H3. The second-order valence-corrected chi connectivity index (χ2v) is 5.84. The third kappa shape index (κ3) is 1.49. The molecule has 0 saturated heterocycles. The summed E-state index contributed by atoms with van der Waals surface area (Å²) in [5, 5.41) is 19.9. The fourth-order valence-corrected chi connectivity index (χ4v) is 3.33. The summed E-state index contributed by atoms with van der Waals surface area (Å²) < 4.78 is 0. The van der Waals surface area contributed by atoms with E-state index >= 15 is 0 Å². The quantitative estimate of drug-likeness (QED) is 0.756. The van der Waals surface area contributed by atoms with E-state index < -0.39 is 11.0 Å². The molecule has 15 heavy (non-hydrogen) atoms. The highest BCUT2D eigenvalue weighted by atomic mass is 16.3. The van der Waals surface area contributed by atoms with Crippen LogP contribution in [0.2, 0.25) is 0 Å². The lowest BCUT2D eigenvalue weighted by Crippen LogP contribution is -2.56. The Labute approximate surface area is 92.3 Å². The summed E-state index contributed by atoms with van der Waals surface area (Å²) in [4.78, 5) is 0. The summed E-state index contributed by atoms with van der Waals surface area (Å²) in [6.45, 7) is 4.41.